The Balaban J connectivity index is 3.17. The summed E-state index contributed by atoms with van der Waals surface area (Å²) in [5.74, 6) is 5.95. The Kier molecular flexibility index (Phi) is 3.14. The lowest BCUT2D eigenvalue weighted by Gasteiger charge is -2.08. The summed E-state index contributed by atoms with van der Waals surface area (Å²) in [6.45, 7) is 9.60. The van der Waals surface area contributed by atoms with E-state index < -0.39 is 0 Å². The molecule has 74 valence electrons. The molecular formula is C9H17N3S. The lowest BCUT2D eigenvalue weighted by Crippen LogP contribution is -2.20. The highest BCUT2D eigenvalue weighted by molar-refractivity contribution is 7.09. The molecule has 0 atom stereocenters. The highest BCUT2D eigenvalue weighted by Gasteiger charge is 2.06. The average molecular weight is 199 g/mol. The van der Waals surface area contributed by atoms with E-state index in [1.54, 1.807) is 11.3 Å². The summed E-state index contributed by atoms with van der Waals surface area (Å²) in [6, 6.07) is 0. The molecule has 0 bridgehead atoms. The van der Waals surface area contributed by atoms with E-state index in [2.05, 4.69) is 37.4 Å². The van der Waals surface area contributed by atoms with Crippen molar-refractivity contribution in [3.05, 3.63) is 15.4 Å². The van der Waals surface area contributed by atoms with Gasteiger partial charge in [0, 0.05) is 17.1 Å². The van der Waals surface area contributed by atoms with Gasteiger partial charge >= 0.3 is 0 Å². The zero-order chi connectivity index (χ0) is 10.0. The van der Waals surface area contributed by atoms with Gasteiger partial charge in [0.25, 0.3) is 0 Å². The largest absolute Gasteiger partial charge is 0.320 e. The molecule has 0 saturated carbocycles. The first-order chi connectivity index (χ1) is 6.06. The number of rotatable bonds is 2. The molecule has 0 fully saturated rings. The molecule has 3 nitrogen and oxygen atoms in total. The van der Waals surface area contributed by atoms with Crippen LogP contribution >= 0.6 is 11.3 Å². The summed E-state index contributed by atoms with van der Waals surface area (Å²) < 4.78 is 2.19. The number of thiazole rings is 1. The minimum Gasteiger partial charge on any atom is -0.320 e. The van der Waals surface area contributed by atoms with Crippen LogP contribution in [0.25, 0.3) is 0 Å². The first-order valence-electron chi connectivity index (χ1n) is 4.47. The molecule has 4 heteroatoms. The van der Waals surface area contributed by atoms with Gasteiger partial charge in [-0.3, -0.25) is 0 Å². The summed E-state index contributed by atoms with van der Waals surface area (Å²) in [5, 5.41) is 3.79. The monoisotopic (exact) mass is 199 g/mol. The van der Waals surface area contributed by atoms with Crippen molar-refractivity contribution in [1.29, 1.82) is 0 Å². The Morgan fingerprint density at radius 1 is 1.46 bits per heavy atom. The van der Waals surface area contributed by atoms with E-state index in [9.17, 15) is 0 Å². The van der Waals surface area contributed by atoms with Crippen LogP contribution in [-0.2, 0) is 6.54 Å². The smallest absolute Gasteiger partial charge is 0.207 e. The maximum atomic E-state index is 5.32. The number of aromatic nitrogens is 1. The van der Waals surface area contributed by atoms with Crippen molar-refractivity contribution >= 4 is 11.3 Å². The molecule has 1 aromatic rings. The quantitative estimate of drug-likeness (QED) is 0.570. The van der Waals surface area contributed by atoms with E-state index in [0.717, 1.165) is 11.3 Å². The van der Waals surface area contributed by atoms with Gasteiger partial charge in [-0.25, -0.2) is 0 Å². The molecule has 0 spiro atoms. The first-order valence-corrected chi connectivity index (χ1v) is 5.28. The molecule has 0 radical (unpaired) electrons. The Morgan fingerprint density at radius 3 is 2.54 bits per heavy atom. The molecule has 1 heterocycles. The van der Waals surface area contributed by atoms with Crippen LogP contribution in [0.2, 0.25) is 0 Å². The van der Waals surface area contributed by atoms with E-state index >= 15 is 0 Å². The lowest BCUT2D eigenvalue weighted by molar-refractivity contribution is 0.504. The van der Waals surface area contributed by atoms with E-state index in [4.69, 9.17) is 5.84 Å². The maximum Gasteiger partial charge on any atom is 0.207 e. The fourth-order valence-corrected chi connectivity index (χ4v) is 2.18. The molecule has 0 aliphatic rings. The van der Waals surface area contributed by atoms with Gasteiger partial charge in [0.15, 0.2) is 0 Å². The number of hydrogen-bond acceptors (Lipinski definition) is 3. The summed E-state index contributed by atoms with van der Waals surface area (Å²) in [7, 11) is 0. The Morgan fingerprint density at radius 2 is 2.08 bits per heavy atom. The Hall–Kier alpha value is -0.770. The van der Waals surface area contributed by atoms with Crippen molar-refractivity contribution < 1.29 is 0 Å². The summed E-state index contributed by atoms with van der Waals surface area (Å²) >= 11 is 1.65. The topological polar surface area (TPSA) is 43.3 Å². The van der Waals surface area contributed by atoms with Crippen molar-refractivity contribution in [1.82, 2.24) is 4.57 Å². The van der Waals surface area contributed by atoms with Crippen LogP contribution in [0.4, 0.5) is 0 Å². The Labute approximate surface area is 82.9 Å². The van der Waals surface area contributed by atoms with Gasteiger partial charge < -0.3 is 10.4 Å². The van der Waals surface area contributed by atoms with Gasteiger partial charge in [0.05, 0.1) is 0 Å². The fourth-order valence-electron chi connectivity index (χ4n) is 1.28. The van der Waals surface area contributed by atoms with E-state index in [0.29, 0.717) is 5.92 Å². The third-order valence-electron chi connectivity index (χ3n) is 2.05. The maximum absolute atomic E-state index is 5.32. The van der Waals surface area contributed by atoms with Crippen LogP contribution in [0, 0.1) is 19.8 Å². The molecule has 0 aromatic carbocycles. The molecule has 1 rings (SSSR count). The van der Waals surface area contributed by atoms with Crippen LogP contribution in [0.1, 0.15) is 24.4 Å². The minimum atomic E-state index is 0.623. The molecule has 0 aliphatic heterocycles. The zero-order valence-corrected chi connectivity index (χ0v) is 9.48. The SMILES string of the molecule is Cc1sc(=NN)n(CC(C)C)c1C. The number of nitrogens with two attached hydrogens (primary N) is 1. The average Bonchev–Trinajstić information content (AvgIpc) is 2.31. The van der Waals surface area contributed by atoms with Gasteiger partial charge in [-0.1, -0.05) is 13.8 Å². The minimum absolute atomic E-state index is 0.623. The normalized spacial score (nSPS) is 12.8. The predicted octanol–water partition coefficient (Wildman–Crippen LogP) is 1.60. The molecule has 0 saturated heterocycles. The predicted molar refractivity (Wildman–Crippen MR) is 56.4 cm³/mol. The lowest BCUT2D eigenvalue weighted by atomic mass is 10.2. The van der Waals surface area contributed by atoms with Gasteiger partial charge in [-0.05, 0) is 19.8 Å². The van der Waals surface area contributed by atoms with Crippen LogP contribution in [-0.4, -0.2) is 4.57 Å². The van der Waals surface area contributed by atoms with Crippen molar-refractivity contribution in [2.75, 3.05) is 0 Å². The molecule has 0 aliphatic carbocycles. The first kappa shape index (κ1) is 10.3. The van der Waals surface area contributed by atoms with Crippen LogP contribution in [0.15, 0.2) is 5.10 Å². The van der Waals surface area contributed by atoms with Crippen molar-refractivity contribution in [2.24, 2.45) is 16.9 Å². The van der Waals surface area contributed by atoms with Gasteiger partial charge in [0.1, 0.15) is 0 Å². The fraction of sp³-hybridized carbons (Fsp3) is 0.667. The van der Waals surface area contributed by atoms with E-state index in [1.807, 2.05) is 0 Å². The summed E-state index contributed by atoms with van der Waals surface area (Å²) in [6.07, 6.45) is 0. The second-order valence-electron chi connectivity index (χ2n) is 3.66. The third-order valence-corrected chi connectivity index (χ3v) is 3.16. The zero-order valence-electron chi connectivity index (χ0n) is 8.66. The highest BCUT2D eigenvalue weighted by Crippen LogP contribution is 2.11. The molecule has 1 aromatic heterocycles. The summed E-state index contributed by atoms with van der Waals surface area (Å²) in [4.78, 5) is 2.22. The molecule has 2 N–H and O–H groups in total. The highest BCUT2D eigenvalue weighted by atomic mass is 32.1. The van der Waals surface area contributed by atoms with E-state index in [-0.39, 0.29) is 0 Å². The number of nitrogens with zero attached hydrogens (tertiary/aromatic N) is 2. The van der Waals surface area contributed by atoms with Crippen molar-refractivity contribution in [3.8, 4) is 0 Å². The Bertz CT molecular complexity index is 346. The van der Waals surface area contributed by atoms with Crippen molar-refractivity contribution in [3.63, 3.8) is 0 Å². The third kappa shape index (κ3) is 2.12. The molecule has 13 heavy (non-hydrogen) atoms. The van der Waals surface area contributed by atoms with Crippen molar-refractivity contribution in [2.45, 2.75) is 34.2 Å². The second kappa shape index (κ2) is 3.96. The number of aryl methyl sites for hydroxylation is 1. The van der Waals surface area contributed by atoms with E-state index in [1.165, 1.54) is 10.6 Å². The van der Waals surface area contributed by atoms with Gasteiger partial charge in [0.2, 0.25) is 4.80 Å². The second-order valence-corrected chi connectivity index (χ2v) is 4.84. The standard InChI is InChI=1S/C9H17N3S/c1-6(2)5-12-7(3)8(4)13-9(12)11-10/h6H,5,10H2,1-4H3. The van der Waals surface area contributed by atoms with Crippen LogP contribution in [0.5, 0.6) is 0 Å². The van der Waals surface area contributed by atoms with Crippen LogP contribution < -0.4 is 10.6 Å². The van der Waals surface area contributed by atoms with Gasteiger partial charge in [-0.2, -0.15) is 5.10 Å². The van der Waals surface area contributed by atoms with Gasteiger partial charge in [-0.15, -0.1) is 11.3 Å². The molecule has 0 unspecified atom stereocenters. The van der Waals surface area contributed by atoms with Crippen LogP contribution in [0.3, 0.4) is 0 Å². The molecular weight excluding hydrogens is 182 g/mol. The number of hydrogen-bond donors (Lipinski definition) is 1. The molecule has 0 amide bonds. The summed E-state index contributed by atoms with van der Waals surface area (Å²) in [5.41, 5.74) is 1.28.